The molecule has 0 radical (unpaired) electrons. The van der Waals surface area contributed by atoms with Gasteiger partial charge in [0, 0.05) is 24.8 Å². The summed E-state index contributed by atoms with van der Waals surface area (Å²) < 4.78 is 0. The number of hydrogen-bond donors (Lipinski definition) is 1. The summed E-state index contributed by atoms with van der Waals surface area (Å²) >= 11 is 0. The van der Waals surface area contributed by atoms with Gasteiger partial charge >= 0.3 is 0 Å². The van der Waals surface area contributed by atoms with E-state index in [0.717, 1.165) is 16.8 Å². The maximum Gasteiger partial charge on any atom is 0.0799 e. The molecule has 76 valence electrons. The molecule has 4 heteroatoms. The zero-order chi connectivity index (χ0) is 10.7. The lowest BCUT2D eigenvalue weighted by Gasteiger charge is -2.12. The molecule has 15 heavy (non-hydrogen) atoms. The fraction of sp³-hybridized carbons (Fsp3) is 0.182. The van der Waals surface area contributed by atoms with Crippen molar-refractivity contribution in [1.82, 2.24) is 15.0 Å². The van der Waals surface area contributed by atoms with Crippen LogP contribution in [0.4, 0.5) is 0 Å². The minimum absolute atomic E-state index is 0.257. The molecule has 1 atom stereocenters. The molecule has 2 heterocycles. The van der Waals surface area contributed by atoms with Crippen LogP contribution in [-0.4, -0.2) is 15.0 Å². The van der Waals surface area contributed by atoms with Gasteiger partial charge in [0.05, 0.1) is 17.9 Å². The summed E-state index contributed by atoms with van der Waals surface area (Å²) in [5.74, 6) is 0. The molecule has 1 unspecified atom stereocenters. The van der Waals surface area contributed by atoms with Gasteiger partial charge in [-0.15, -0.1) is 0 Å². The lowest BCUT2D eigenvalue weighted by Crippen LogP contribution is -2.15. The Labute approximate surface area is 88.2 Å². The zero-order valence-electron chi connectivity index (χ0n) is 8.46. The van der Waals surface area contributed by atoms with E-state index in [0.29, 0.717) is 0 Å². The van der Waals surface area contributed by atoms with Gasteiger partial charge in [-0.3, -0.25) is 15.0 Å². The maximum atomic E-state index is 6.07. The standard InChI is InChI=1S/C11H12N4/c1-8-2-3-13-6-9(8)11(12)10-7-14-4-5-15-10/h2-7,11H,12H2,1H3. The highest BCUT2D eigenvalue weighted by molar-refractivity contribution is 5.30. The average molecular weight is 200 g/mol. The number of nitrogens with zero attached hydrogens (tertiary/aromatic N) is 3. The molecular weight excluding hydrogens is 188 g/mol. The first kappa shape index (κ1) is 9.73. The van der Waals surface area contributed by atoms with Crippen molar-refractivity contribution in [2.45, 2.75) is 13.0 Å². The van der Waals surface area contributed by atoms with Crippen LogP contribution in [0.15, 0.2) is 37.1 Å². The number of hydrogen-bond acceptors (Lipinski definition) is 4. The topological polar surface area (TPSA) is 64.7 Å². The Hall–Kier alpha value is -1.81. The highest BCUT2D eigenvalue weighted by Gasteiger charge is 2.12. The highest BCUT2D eigenvalue weighted by atomic mass is 14.8. The average Bonchev–Trinajstić information content (AvgIpc) is 2.30. The smallest absolute Gasteiger partial charge is 0.0799 e. The molecule has 0 aromatic carbocycles. The van der Waals surface area contributed by atoms with Crippen LogP contribution in [-0.2, 0) is 0 Å². The van der Waals surface area contributed by atoms with Crippen molar-refractivity contribution in [3.05, 3.63) is 53.9 Å². The molecule has 2 N–H and O–H groups in total. The first-order valence-electron chi connectivity index (χ1n) is 4.71. The quantitative estimate of drug-likeness (QED) is 0.791. The predicted octanol–water partition coefficient (Wildman–Crippen LogP) is 1.23. The molecule has 0 aliphatic rings. The minimum Gasteiger partial charge on any atom is -0.319 e. The van der Waals surface area contributed by atoms with Gasteiger partial charge in [0.15, 0.2) is 0 Å². The van der Waals surface area contributed by atoms with Crippen molar-refractivity contribution in [2.24, 2.45) is 5.73 Å². The molecule has 2 aromatic heterocycles. The lowest BCUT2D eigenvalue weighted by atomic mass is 10.0. The maximum absolute atomic E-state index is 6.07. The van der Waals surface area contributed by atoms with E-state index in [9.17, 15) is 0 Å². The largest absolute Gasteiger partial charge is 0.319 e. The molecule has 0 aliphatic carbocycles. The third kappa shape index (κ3) is 1.99. The van der Waals surface area contributed by atoms with Gasteiger partial charge in [-0.05, 0) is 24.1 Å². The Morgan fingerprint density at radius 3 is 2.60 bits per heavy atom. The second kappa shape index (κ2) is 4.14. The van der Waals surface area contributed by atoms with Gasteiger partial charge in [0.25, 0.3) is 0 Å². The molecular formula is C11H12N4. The van der Waals surface area contributed by atoms with Crippen molar-refractivity contribution in [3.63, 3.8) is 0 Å². The van der Waals surface area contributed by atoms with Crippen LogP contribution in [0, 0.1) is 6.92 Å². The summed E-state index contributed by atoms with van der Waals surface area (Å²) in [5.41, 5.74) is 8.93. The van der Waals surface area contributed by atoms with Crippen LogP contribution in [0.1, 0.15) is 22.9 Å². The van der Waals surface area contributed by atoms with Crippen LogP contribution >= 0.6 is 0 Å². The first-order chi connectivity index (χ1) is 7.29. The monoisotopic (exact) mass is 200 g/mol. The third-order valence-corrected chi connectivity index (χ3v) is 2.32. The zero-order valence-corrected chi connectivity index (χ0v) is 8.46. The second-order valence-electron chi connectivity index (χ2n) is 3.34. The third-order valence-electron chi connectivity index (χ3n) is 2.32. The molecule has 0 saturated carbocycles. The van der Waals surface area contributed by atoms with Gasteiger partial charge in [-0.25, -0.2) is 0 Å². The minimum atomic E-state index is -0.257. The summed E-state index contributed by atoms with van der Waals surface area (Å²) in [6.07, 6.45) is 8.47. The van der Waals surface area contributed by atoms with Gasteiger partial charge in [0.1, 0.15) is 0 Å². The van der Waals surface area contributed by atoms with E-state index in [4.69, 9.17) is 5.73 Å². The van der Waals surface area contributed by atoms with Crippen LogP contribution < -0.4 is 5.73 Å². The van der Waals surface area contributed by atoms with Gasteiger partial charge < -0.3 is 5.73 Å². The van der Waals surface area contributed by atoms with Crippen LogP contribution in [0.5, 0.6) is 0 Å². The summed E-state index contributed by atoms with van der Waals surface area (Å²) in [6.45, 7) is 2.01. The Bertz CT molecular complexity index is 441. The van der Waals surface area contributed by atoms with E-state index in [1.807, 2.05) is 13.0 Å². The van der Waals surface area contributed by atoms with E-state index < -0.39 is 0 Å². The molecule has 0 amide bonds. The van der Waals surface area contributed by atoms with Gasteiger partial charge in [-0.2, -0.15) is 0 Å². The summed E-state index contributed by atoms with van der Waals surface area (Å²) in [6, 6.07) is 1.68. The number of pyridine rings is 1. The summed E-state index contributed by atoms with van der Waals surface area (Å²) in [4.78, 5) is 12.2. The van der Waals surface area contributed by atoms with Crippen LogP contribution in [0.3, 0.4) is 0 Å². The molecule has 0 spiro atoms. The fourth-order valence-corrected chi connectivity index (χ4v) is 1.43. The van der Waals surface area contributed by atoms with Crippen molar-refractivity contribution >= 4 is 0 Å². The first-order valence-corrected chi connectivity index (χ1v) is 4.71. The molecule has 0 saturated heterocycles. The SMILES string of the molecule is Cc1ccncc1C(N)c1cnccn1. The number of nitrogens with two attached hydrogens (primary N) is 1. The number of aromatic nitrogens is 3. The fourth-order valence-electron chi connectivity index (χ4n) is 1.43. The summed E-state index contributed by atoms with van der Waals surface area (Å²) in [5, 5.41) is 0. The lowest BCUT2D eigenvalue weighted by molar-refractivity contribution is 0.804. The Balaban J connectivity index is 2.37. The van der Waals surface area contributed by atoms with E-state index >= 15 is 0 Å². The summed E-state index contributed by atoms with van der Waals surface area (Å²) in [7, 11) is 0. The molecule has 2 aromatic rings. The Morgan fingerprint density at radius 1 is 1.13 bits per heavy atom. The molecule has 0 aliphatic heterocycles. The van der Waals surface area contributed by atoms with Crippen molar-refractivity contribution < 1.29 is 0 Å². The molecule has 2 rings (SSSR count). The second-order valence-corrected chi connectivity index (χ2v) is 3.34. The van der Waals surface area contributed by atoms with Crippen LogP contribution in [0.2, 0.25) is 0 Å². The van der Waals surface area contributed by atoms with Crippen LogP contribution in [0.25, 0.3) is 0 Å². The Kier molecular flexibility index (Phi) is 2.69. The number of rotatable bonds is 2. The van der Waals surface area contributed by atoms with E-state index in [1.165, 1.54) is 0 Å². The highest BCUT2D eigenvalue weighted by Crippen LogP contribution is 2.18. The molecule has 0 bridgehead atoms. The van der Waals surface area contributed by atoms with E-state index in [2.05, 4.69) is 15.0 Å². The van der Waals surface area contributed by atoms with Gasteiger partial charge in [0.2, 0.25) is 0 Å². The van der Waals surface area contributed by atoms with Gasteiger partial charge in [-0.1, -0.05) is 0 Å². The molecule has 0 fully saturated rings. The van der Waals surface area contributed by atoms with E-state index in [1.54, 1.807) is 31.0 Å². The Morgan fingerprint density at radius 2 is 1.93 bits per heavy atom. The van der Waals surface area contributed by atoms with E-state index in [-0.39, 0.29) is 6.04 Å². The molecule has 4 nitrogen and oxygen atoms in total. The number of aryl methyl sites for hydroxylation is 1. The normalized spacial score (nSPS) is 12.4. The van der Waals surface area contributed by atoms with Crippen molar-refractivity contribution in [3.8, 4) is 0 Å². The predicted molar refractivity (Wildman–Crippen MR) is 57.0 cm³/mol. The van der Waals surface area contributed by atoms with Crippen molar-refractivity contribution in [2.75, 3.05) is 0 Å². The van der Waals surface area contributed by atoms with Crippen molar-refractivity contribution in [1.29, 1.82) is 0 Å².